The number of ether oxygens (including phenoxy) is 2. The molecule has 2 atom stereocenters. The van der Waals surface area contributed by atoms with Gasteiger partial charge in [0.2, 0.25) is 0 Å². The first-order chi connectivity index (χ1) is 26.8. The molecule has 9 nitrogen and oxygen atoms in total. The van der Waals surface area contributed by atoms with Crippen molar-refractivity contribution >= 4 is 19.8 Å². The zero-order valence-electron chi connectivity index (χ0n) is 35.4. The Balaban J connectivity index is 4.13. The van der Waals surface area contributed by atoms with Gasteiger partial charge in [-0.05, 0) is 70.6 Å². The van der Waals surface area contributed by atoms with Gasteiger partial charge in [-0.15, -0.1) is 0 Å². The van der Waals surface area contributed by atoms with E-state index in [2.05, 4.69) is 50.3 Å². The smallest absolute Gasteiger partial charge is 0.462 e. The van der Waals surface area contributed by atoms with Gasteiger partial charge in [-0.2, -0.15) is 0 Å². The van der Waals surface area contributed by atoms with Gasteiger partial charge in [0.25, 0.3) is 0 Å². The Morgan fingerprint density at radius 2 is 0.945 bits per heavy atom. The van der Waals surface area contributed by atoms with Gasteiger partial charge >= 0.3 is 19.8 Å². The number of phosphoric acid groups is 1. The van der Waals surface area contributed by atoms with E-state index in [1.165, 1.54) is 116 Å². The summed E-state index contributed by atoms with van der Waals surface area (Å²) in [7, 11) is -4.38. The summed E-state index contributed by atoms with van der Waals surface area (Å²) in [4.78, 5) is 34.9. The third-order valence-corrected chi connectivity index (χ3v) is 10.5. The van der Waals surface area contributed by atoms with Gasteiger partial charge in [0.1, 0.15) is 6.61 Å². The summed E-state index contributed by atoms with van der Waals surface area (Å²) in [5.41, 5.74) is 5.35. The lowest BCUT2D eigenvalue weighted by molar-refractivity contribution is -0.161. The summed E-state index contributed by atoms with van der Waals surface area (Å²) in [6.45, 7) is 3.70. The van der Waals surface area contributed by atoms with Crippen molar-refractivity contribution in [1.82, 2.24) is 0 Å². The van der Waals surface area contributed by atoms with Crippen LogP contribution >= 0.6 is 7.82 Å². The average molecular weight is 798 g/mol. The molecule has 0 saturated carbocycles. The van der Waals surface area contributed by atoms with E-state index in [9.17, 15) is 19.0 Å². The fourth-order valence-corrected chi connectivity index (χ4v) is 6.89. The van der Waals surface area contributed by atoms with E-state index >= 15 is 0 Å². The first-order valence-corrected chi connectivity index (χ1v) is 24.0. The van der Waals surface area contributed by atoms with Crippen LogP contribution in [0.25, 0.3) is 0 Å². The van der Waals surface area contributed by atoms with E-state index in [4.69, 9.17) is 24.3 Å². The van der Waals surface area contributed by atoms with Crippen LogP contribution in [-0.4, -0.2) is 49.3 Å². The highest BCUT2D eigenvalue weighted by atomic mass is 31.2. The molecule has 55 heavy (non-hydrogen) atoms. The van der Waals surface area contributed by atoms with E-state index in [1.54, 1.807) is 0 Å². The highest BCUT2D eigenvalue weighted by Gasteiger charge is 2.26. The molecule has 0 rings (SSSR count). The number of allylic oxidation sites excluding steroid dienone is 6. The minimum Gasteiger partial charge on any atom is -0.462 e. The fourth-order valence-electron chi connectivity index (χ4n) is 6.13. The molecule has 322 valence electrons. The molecule has 0 aromatic carbocycles. The summed E-state index contributed by atoms with van der Waals surface area (Å²) in [6.07, 6.45) is 46.0. The number of carbonyl (C=O) groups is 2. The highest BCUT2D eigenvalue weighted by Crippen LogP contribution is 2.43. The van der Waals surface area contributed by atoms with Crippen LogP contribution in [0, 0.1) is 0 Å². The maximum Gasteiger partial charge on any atom is 0.472 e. The van der Waals surface area contributed by atoms with Crippen LogP contribution in [0.4, 0.5) is 0 Å². The highest BCUT2D eigenvalue weighted by molar-refractivity contribution is 7.47. The molecule has 0 radical (unpaired) electrons. The Labute approximate surface area is 337 Å². The van der Waals surface area contributed by atoms with Crippen LogP contribution in [0.5, 0.6) is 0 Å². The van der Waals surface area contributed by atoms with Crippen molar-refractivity contribution in [3.8, 4) is 0 Å². The van der Waals surface area contributed by atoms with Gasteiger partial charge in [0, 0.05) is 19.4 Å². The van der Waals surface area contributed by atoms with Crippen molar-refractivity contribution in [1.29, 1.82) is 0 Å². The van der Waals surface area contributed by atoms with Crippen molar-refractivity contribution in [2.75, 3.05) is 26.4 Å². The predicted molar refractivity (Wildman–Crippen MR) is 229 cm³/mol. The zero-order valence-corrected chi connectivity index (χ0v) is 36.3. The molecular weight excluding hydrogens is 713 g/mol. The molecule has 0 fully saturated rings. The largest absolute Gasteiger partial charge is 0.472 e. The SMILES string of the molecule is CCCCC/C=C\C/C=C\CCCCCCCCCCCC(=O)OC[C@H](COP(=O)(O)OCCN)OC(=O)CCCCCCC/C=C\CCCCCCCC. The molecule has 1 unspecified atom stereocenters. The summed E-state index contributed by atoms with van der Waals surface area (Å²) < 4.78 is 32.8. The zero-order chi connectivity index (χ0) is 40.3. The maximum atomic E-state index is 12.6. The molecule has 0 aliphatic heterocycles. The summed E-state index contributed by atoms with van der Waals surface area (Å²) in [5.74, 6) is -0.840. The van der Waals surface area contributed by atoms with E-state index < -0.39 is 26.5 Å². The van der Waals surface area contributed by atoms with E-state index in [-0.39, 0.29) is 38.6 Å². The number of carbonyl (C=O) groups excluding carboxylic acids is 2. The van der Waals surface area contributed by atoms with Crippen LogP contribution in [0.3, 0.4) is 0 Å². The lowest BCUT2D eigenvalue weighted by Gasteiger charge is -2.19. The molecule has 10 heteroatoms. The number of unbranched alkanes of at least 4 members (excludes halogenated alkanes) is 23. The summed E-state index contributed by atoms with van der Waals surface area (Å²) >= 11 is 0. The Kier molecular flexibility index (Phi) is 40.5. The molecule has 0 saturated heterocycles. The van der Waals surface area contributed by atoms with Crippen LogP contribution in [0.2, 0.25) is 0 Å². The molecule has 0 bridgehead atoms. The van der Waals surface area contributed by atoms with Crippen molar-refractivity contribution in [2.45, 2.75) is 213 Å². The summed E-state index contributed by atoms with van der Waals surface area (Å²) in [6, 6.07) is 0. The molecule has 0 aromatic heterocycles. The third-order valence-electron chi connectivity index (χ3n) is 9.50. The minimum absolute atomic E-state index is 0.0514. The first-order valence-electron chi connectivity index (χ1n) is 22.5. The average Bonchev–Trinajstić information content (AvgIpc) is 3.17. The molecule has 0 aromatic rings. The Bertz CT molecular complexity index is 1000. The van der Waals surface area contributed by atoms with E-state index in [0.717, 1.165) is 57.8 Å². The number of hydrogen-bond acceptors (Lipinski definition) is 8. The van der Waals surface area contributed by atoms with Crippen LogP contribution in [0.15, 0.2) is 36.5 Å². The van der Waals surface area contributed by atoms with Gasteiger partial charge in [-0.1, -0.05) is 159 Å². The Morgan fingerprint density at radius 1 is 0.545 bits per heavy atom. The van der Waals surface area contributed by atoms with Gasteiger partial charge in [-0.3, -0.25) is 18.6 Å². The number of hydrogen-bond donors (Lipinski definition) is 2. The molecular formula is C45H84NO8P. The second kappa shape index (κ2) is 41.9. The number of phosphoric ester groups is 1. The topological polar surface area (TPSA) is 134 Å². The molecule has 3 N–H and O–H groups in total. The van der Waals surface area contributed by atoms with Crippen molar-refractivity contribution in [3.63, 3.8) is 0 Å². The van der Waals surface area contributed by atoms with Gasteiger partial charge in [0.15, 0.2) is 6.10 Å². The van der Waals surface area contributed by atoms with Crippen molar-refractivity contribution in [2.24, 2.45) is 5.73 Å². The maximum absolute atomic E-state index is 12.6. The Hall–Kier alpha value is -1.77. The normalized spacial score (nSPS) is 13.6. The van der Waals surface area contributed by atoms with Crippen LogP contribution in [0.1, 0.15) is 206 Å². The Morgan fingerprint density at radius 3 is 1.44 bits per heavy atom. The monoisotopic (exact) mass is 798 g/mol. The van der Waals surface area contributed by atoms with E-state index in [0.29, 0.717) is 6.42 Å². The third kappa shape index (κ3) is 41.7. The molecule has 0 aliphatic carbocycles. The minimum atomic E-state index is -4.38. The molecule has 0 spiro atoms. The van der Waals surface area contributed by atoms with E-state index in [1.807, 2.05) is 0 Å². The van der Waals surface area contributed by atoms with Crippen LogP contribution < -0.4 is 5.73 Å². The standard InChI is InChI=1S/C45H84NO8P/c1-3-5-7-9-11-13-15-17-19-20-21-22-24-25-27-29-31-33-35-37-44(47)51-41-43(42-53-55(49,50)52-40-39-46)54-45(48)38-36-34-32-30-28-26-23-18-16-14-12-10-8-6-4-2/h11,13,17-19,23,43H,3-10,12,14-16,20-22,24-42,46H2,1-2H3,(H,49,50)/b13-11-,19-17-,23-18-/t43-/m1/s1. The number of nitrogens with two attached hydrogens (primary N) is 1. The number of esters is 2. The second-order valence-electron chi connectivity index (χ2n) is 14.9. The predicted octanol–water partition coefficient (Wildman–Crippen LogP) is 12.9. The summed E-state index contributed by atoms with van der Waals surface area (Å²) in [5, 5.41) is 0. The molecule has 0 aliphatic rings. The van der Waals surface area contributed by atoms with Crippen LogP contribution in [-0.2, 0) is 32.7 Å². The van der Waals surface area contributed by atoms with Crippen molar-refractivity contribution in [3.05, 3.63) is 36.5 Å². The van der Waals surface area contributed by atoms with Gasteiger partial charge in [-0.25, -0.2) is 4.57 Å². The first kappa shape index (κ1) is 53.2. The number of rotatable bonds is 42. The molecule has 0 amide bonds. The molecule has 0 heterocycles. The van der Waals surface area contributed by atoms with Gasteiger partial charge in [0.05, 0.1) is 13.2 Å². The quantitative estimate of drug-likeness (QED) is 0.0268. The lowest BCUT2D eigenvalue weighted by Crippen LogP contribution is -2.29. The fraction of sp³-hybridized carbons (Fsp3) is 0.822. The lowest BCUT2D eigenvalue weighted by atomic mass is 10.1. The second-order valence-corrected chi connectivity index (χ2v) is 16.4. The van der Waals surface area contributed by atoms with Gasteiger partial charge < -0.3 is 20.1 Å². The van der Waals surface area contributed by atoms with Crippen molar-refractivity contribution < 1.29 is 37.6 Å².